The van der Waals surface area contributed by atoms with Crippen molar-refractivity contribution in [2.45, 2.75) is 57.5 Å². The molecule has 140 valence electrons. The lowest BCUT2D eigenvalue weighted by atomic mass is 9.76. The van der Waals surface area contributed by atoms with E-state index < -0.39 is 0 Å². The van der Waals surface area contributed by atoms with Gasteiger partial charge in [0, 0.05) is 30.1 Å². The first-order chi connectivity index (χ1) is 12.6. The fourth-order valence-electron chi connectivity index (χ4n) is 4.55. The summed E-state index contributed by atoms with van der Waals surface area (Å²) in [7, 11) is 0. The summed E-state index contributed by atoms with van der Waals surface area (Å²) < 4.78 is 0. The van der Waals surface area contributed by atoms with Gasteiger partial charge in [0.1, 0.15) is 0 Å². The van der Waals surface area contributed by atoms with Gasteiger partial charge in [-0.3, -0.25) is 9.59 Å². The molecule has 2 saturated carbocycles. The molecule has 3 fully saturated rings. The predicted octanol–water partition coefficient (Wildman–Crippen LogP) is 2.73. The highest BCUT2D eigenvalue weighted by molar-refractivity contribution is 5.94. The number of aliphatic hydroxyl groups excluding tert-OH is 1. The molecular formula is C21H28N2O3. The highest BCUT2D eigenvalue weighted by Gasteiger charge is 2.45. The van der Waals surface area contributed by atoms with Crippen molar-refractivity contribution < 1.29 is 14.7 Å². The van der Waals surface area contributed by atoms with Crippen LogP contribution in [-0.2, 0) is 16.0 Å². The maximum absolute atomic E-state index is 12.7. The van der Waals surface area contributed by atoms with Gasteiger partial charge in [0.2, 0.25) is 11.8 Å². The molecule has 26 heavy (non-hydrogen) atoms. The molecule has 1 aromatic rings. The Bertz CT molecular complexity index is 683. The lowest BCUT2D eigenvalue weighted by Crippen LogP contribution is -2.49. The molecule has 0 radical (unpaired) electrons. The van der Waals surface area contributed by atoms with Crippen LogP contribution in [0.25, 0.3) is 0 Å². The van der Waals surface area contributed by atoms with Gasteiger partial charge in [-0.15, -0.1) is 0 Å². The zero-order chi connectivity index (χ0) is 18.1. The van der Waals surface area contributed by atoms with Crippen LogP contribution in [0.15, 0.2) is 24.3 Å². The van der Waals surface area contributed by atoms with Crippen LogP contribution in [0.5, 0.6) is 0 Å². The molecule has 2 amide bonds. The number of rotatable bonds is 4. The number of hydrogen-bond donors (Lipinski definition) is 2. The summed E-state index contributed by atoms with van der Waals surface area (Å²) in [6.45, 7) is 1.49. The van der Waals surface area contributed by atoms with Gasteiger partial charge in [0.25, 0.3) is 0 Å². The largest absolute Gasteiger partial charge is 0.392 e. The quantitative estimate of drug-likeness (QED) is 0.871. The Labute approximate surface area is 154 Å². The molecule has 2 atom stereocenters. The number of carbonyl (C=O) groups is 2. The lowest BCUT2D eigenvalue weighted by molar-refractivity contribution is -0.135. The normalized spacial score (nSPS) is 28.3. The number of benzene rings is 1. The van der Waals surface area contributed by atoms with Crippen LogP contribution in [0.1, 0.15) is 50.5 Å². The Morgan fingerprint density at radius 1 is 1.12 bits per heavy atom. The van der Waals surface area contributed by atoms with Crippen LogP contribution >= 0.6 is 0 Å². The van der Waals surface area contributed by atoms with Crippen LogP contribution in [0, 0.1) is 11.3 Å². The van der Waals surface area contributed by atoms with Crippen molar-refractivity contribution in [3.8, 4) is 0 Å². The first-order valence-electron chi connectivity index (χ1n) is 9.91. The third-order valence-electron chi connectivity index (χ3n) is 6.35. The fraction of sp³-hybridized carbons (Fsp3) is 0.619. The second-order valence-corrected chi connectivity index (χ2v) is 8.33. The van der Waals surface area contributed by atoms with Crippen molar-refractivity contribution in [1.82, 2.24) is 4.90 Å². The number of anilines is 1. The third-order valence-corrected chi connectivity index (χ3v) is 6.35. The average Bonchev–Trinajstić information content (AvgIpc) is 3.44. The standard InChI is InChI=1S/C21H28N2O3/c24-18-3-1-10-21(18)11-2-12-23(14-21)19(25)13-15-4-8-17(9-5-15)22-20(26)16-6-7-16/h4-5,8-9,16,18,24H,1-3,6-7,10-14H2,(H,22,26)/t18?,21-/m0/s1. The van der Waals surface area contributed by atoms with E-state index in [4.69, 9.17) is 0 Å². The molecule has 2 N–H and O–H groups in total. The Hall–Kier alpha value is -1.88. The summed E-state index contributed by atoms with van der Waals surface area (Å²) in [5.41, 5.74) is 1.69. The van der Waals surface area contributed by atoms with Gasteiger partial charge in [0.05, 0.1) is 12.5 Å². The highest BCUT2D eigenvalue weighted by Crippen LogP contribution is 2.45. The number of carbonyl (C=O) groups excluding carboxylic acids is 2. The van der Waals surface area contributed by atoms with Crippen molar-refractivity contribution in [3.05, 3.63) is 29.8 Å². The number of aliphatic hydroxyl groups is 1. The Kier molecular flexibility index (Phi) is 4.74. The smallest absolute Gasteiger partial charge is 0.227 e. The lowest BCUT2D eigenvalue weighted by Gasteiger charge is -2.42. The second kappa shape index (κ2) is 7.03. The molecule has 5 nitrogen and oxygen atoms in total. The fourth-order valence-corrected chi connectivity index (χ4v) is 4.55. The minimum Gasteiger partial charge on any atom is -0.392 e. The summed E-state index contributed by atoms with van der Waals surface area (Å²) in [6, 6.07) is 7.59. The summed E-state index contributed by atoms with van der Waals surface area (Å²) in [4.78, 5) is 26.5. The van der Waals surface area contributed by atoms with Gasteiger partial charge in [-0.1, -0.05) is 18.6 Å². The Morgan fingerprint density at radius 3 is 2.50 bits per heavy atom. The van der Waals surface area contributed by atoms with Gasteiger partial charge < -0.3 is 15.3 Å². The van der Waals surface area contributed by atoms with Gasteiger partial charge in [-0.25, -0.2) is 0 Å². The third kappa shape index (κ3) is 3.63. The molecule has 5 heteroatoms. The van der Waals surface area contributed by atoms with Gasteiger partial charge in [-0.05, 0) is 56.2 Å². The van der Waals surface area contributed by atoms with Crippen molar-refractivity contribution in [2.75, 3.05) is 18.4 Å². The molecule has 0 aromatic heterocycles. The minimum absolute atomic E-state index is 0.0646. The van der Waals surface area contributed by atoms with Gasteiger partial charge in [0.15, 0.2) is 0 Å². The highest BCUT2D eigenvalue weighted by atomic mass is 16.3. The topological polar surface area (TPSA) is 69.6 Å². The maximum Gasteiger partial charge on any atom is 0.227 e. The molecule has 1 spiro atoms. The van der Waals surface area contributed by atoms with E-state index in [0.29, 0.717) is 13.0 Å². The molecule has 2 aliphatic carbocycles. The number of piperidine rings is 1. The van der Waals surface area contributed by atoms with Crippen LogP contribution < -0.4 is 5.32 Å². The number of nitrogens with one attached hydrogen (secondary N) is 1. The number of likely N-dealkylation sites (tertiary alicyclic amines) is 1. The first kappa shape index (κ1) is 17.5. The molecule has 1 aliphatic heterocycles. The number of hydrogen-bond acceptors (Lipinski definition) is 3. The van der Waals surface area contributed by atoms with Crippen LogP contribution in [0.4, 0.5) is 5.69 Å². The monoisotopic (exact) mass is 356 g/mol. The van der Waals surface area contributed by atoms with Crippen molar-refractivity contribution in [1.29, 1.82) is 0 Å². The Morgan fingerprint density at radius 2 is 1.85 bits per heavy atom. The van der Waals surface area contributed by atoms with E-state index in [1.54, 1.807) is 0 Å². The summed E-state index contributed by atoms with van der Waals surface area (Å²) in [5, 5.41) is 13.3. The predicted molar refractivity (Wildman–Crippen MR) is 99.6 cm³/mol. The molecule has 0 bridgehead atoms. The summed E-state index contributed by atoms with van der Waals surface area (Å²) in [6.07, 6.45) is 7.09. The second-order valence-electron chi connectivity index (χ2n) is 8.33. The average molecular weight is 356 g/mol. The van der Waals surface area contributed by atoms with Gasteiger partial charge >= 0.3 is 0 Å². The first-order valence-corrected chi connectivity index (χ1v) is 9.91. The van der Waals surface area contributed by atoms with E-state index >= 15 is 0 Å². The summed E-state index contributed by atoms with van der Waals surface area (Å²) in [5.74, 6) is 0.425. The van der Waals surface area contributed by atoms with E-state index in [1.165, 1.54) is 0 Å². The molecule has 4 rings (SSSR count). The maximum atomic E-state index is 12.7. The SMILES string of the molecule is O=C(Nc1ccc(CC(=O)N2CCC[C@@]3(CCCC3O)C2)cc1)C1CC1. The van der Waals surface area contributed by atoms with E-state index in [1.807, 2.05) is 29.2 Å². The van der Waals surface area contributed by atoms with Crippen molar-refractivity contribution in [3.63, 3.8) is 0 Å². The van der Waals surface area contributed by atoms with E-state index in [0.717, 1.165) is 62.7 Å². The zero-order valence-corrected chi connectivity index (χ0v) is 15.2. The van der Waals surface area contributed by atoms with Gasteiger partial charge in [-0.2, -0.15) is 0 Å². The number of amides is 2. The van der Waals surface area contributed by atoms with E-state index in [9.17, 15) is 14.7 Å². The molecule has 1 saturated heterocycles. The molecule has 3 aliphatic rings. The molecule has 1 aromatic carbocycles. The molecular weight excluding hydrogens is 328 g/mol. The zero-order valence-electron chi connectivity index (χ0n) is 15.2. The van der Waals surface area contributed by atoms with E-state index in [-0.39, 0.29) is 29.3 Å². The van der Waals surface area contributed by atoms with Crippen LogP contribution in [0.2, 0.25) is 0 Å². The summed E-state index contributed by atoms with van der Waals surface area (Å²) >= 11 is 0. The van der Waals surface area contributed by atoms with Crippen LogP contribution in [0.3, 0.4) is 0 Å². The Balaban J connectivity index is 1.34. The molecule has 1 unspecified atom stereocenters. The van der Waals surface area contributed by atoms with Crippen LogP contribution in [-0.4, -0.2) is 41.0 Å². The minimum atomic E-state index is -0.257. The number of nitrogens with zero attached hydrogens (tertiary/aromatic N) is 1. The molecule has 1 heterocycles. The van der Waals surface area contributed by atoms with E-state index in [2.05, 4.69) is 5.32 Å². The van der Waals surface area contributed by atoms with Crippen molar-refractivity contribution in [2.24, 2.45) is 11.3 Å². The van der Waals surface area contributed by atoms with Crippen molar-refractivity contribution >= 4 is 17.5 Å².